The van der Waals surface area contributed by atoms with Crippen molar-refractivity contribution in [3.05, 3.63) is 84.4 Å². The van der Waals surface area contributed by atoms with E-state index >= 15 is 0 Å². The Labute approximate surface area is 201 Å². The van der Waals surface area contributed by atoms with Gasteiger partial charge < -0.3 is 20.7 Å². The summed E-state index contributed by atoms with van der Waals surface area (Å²) >= 11 is 0. The van der Waals surface area contributed by atoms with Crippen LogP contribution >= 0.6 is 0 Å². The molecule has 3 aromatic rings. The molecule has 0 aliphatic carbocycles. The van der Waals surface area contributed by atoms with Gasteiger partial charge in [0.15, 0.2) is 0 Å². The first-order chi connectivity index (χ1) is 16.3. The number of carbonyl (C=O) groups is 2. The van der Waals surface area contributed by atoms with Gasteiger partial charge in [0.1, 0.15) is 5.75 Å². The number of anilines is 3. The highest BCUT2D eigenvalue weighted by molar-refractivity contribution is 5.96. The molecule has 3 rings (SSSR count). The number of aryl methyl sites for hydroxylation is 1. The smallest absolute Gasteiger partial charge is 0.243 e. The van der Waals surface area contributed by atoms with E-state index in [2.05, 4.69) is 28.1 Å². The average molecular weight is 460 g/mol. The van der Waals surface area contributed by atoms with Gasteiger partial charge in [-0.3, -0.25) is 9.59 Å². The van der Waals surface area contributed by atoms with E-state index in [0.717, 1.165) is 18.5 Å². The maximum Gasteiger partial charge on any atom is 0.243 e. The molecule has 6 nitrogen and oxygen atoms in total. The van der Waals surface area contributed by atoms with Crippen LogP contribution in [0.5, 0.6) is 5.75 Å². The first-order valence-electron chi connectivity index (χ1n) is 11.5. The second kappa shape index (κ2) is 11.9. The first-order valence-corrected chi connectivity index (χ1v) is 11.5. The van der Waals surface area contributed by atoms with Gasteiger partial charge in [-0.15, -0.1) is 0 Å². The number of nitrogens with one attached hydrogen (secondary N) is 3. The molecular weight excluding hydrogens is 426 g/mol. The number of hydrogen-bond donors (Lipinski definition) is 3. The zero-order valence-electron chi connectivity index (χ0n) is 20.1. The molecule has 0 heterocycles. The Morgan fingerprint density at radius 1 is 0.824 bits per heavy atom. The Kier molecular flexibility index (Phi) is 8.68. The molecule has 178 valence electrons. The number of benzene rings is 3. The fraction of sp³-hybridized carbons (Fsp3) is 0.286. The summed E-state index contributed by atoms with van der Waals surface area (Å²) < 4.78 is 5.93. The van der Waals surface area contributed by atoms with Crippen molar-refractivity contribution in [3.8, 4) is 5.75 Å². The lowest BCUT2D eigenvalue weighted by Crippen LogP contribution is -2.27. The molecule has 6 heteroatoms. The van der Waals surface area contributed by atoms with E-state index in [4.69, 9.17) is 4.74 Å². The maximum atomic E-state index is 12.5. The summed E-state index contributed by atoms with van der Waals surface area (Å²) in [6.45, 7) is 6.23. The zero-order valence-corrected chi connectivity index (χ0v) is 20.1. The van der Waals surface area contributed by atoms with E-state index in [-0.39, 0.29) is 18.4 Å². The highest BCUT2D eigenvalue weighted by Crippen LogP contribution is 2.24. The van der Waals surface area contributed by atoms with Gasteiger partial charge in [-0.2, -0.15) is 0 Å². The molecule has 2 amide bonds. The number of rotatable bonds is 10. The second-order valence-corrected chi connectivity index (χ2v) is 9.12. The summed E-state index contributed by atoms with van der Waals surface area (Å²) in [5, 5.41) is 8.91. The monoisotopic (exact) mass is 459 g/mol. The minimum absolute atomic E-state index is 0.0669. The van der Waals surface area contributed by atoms with E-state index in [0.29, 0.717) is 23.7 Å². The molecule has 3 N–H and O–H groups in total. The number of para-hydroxylation sites is 2. The van der Waals surface area contributed by atoms with Gasteiger partial charge >= 0.3 is 0 Å². The Hall–Kier alpha value is -3.80. The quantitative estimate of drug-likeness (QED) is 0.338. The third kappa shape index (κ3) is 7.96. The first kappa shape index (κ1) is 24.8. The Morgan fingerprint density at radius 2 is 1.53 bits per heavy atom. The van der Waals surface area contributed by atoms with Crippen LogP contribution in [0.15, 0.2) is 78.9 Å². The normalized spacial score (nSPS) is 10.9. The zero-order chi connectivity index (χ0) is 24.4. The van der Waals surface area contributed by atoms with Crippen molar-refractivity contribution in [2.45, 2.75) is 33.6 Å². The highest BCUT2D eigenvalue weighted by Gasteiger charge is 2.21. The molecule has 0 unspecified atom stereocenters. The van der Waals surface area contributed by atoms with Gasteiger partial charge in [0.05, 0.1) is 18.8 Å². The molecular formula is C28H33N3O3. The topological polar surface area (TPSA) is 79.5 Å². The number of ether oxygens (including phenoxy) is 1. The van der Waals surface area contributed by atoms with Crippen LogP contribution in [-0.2, 0) is 16.0 Å². The van der Waals surface area contributed by atoms with Crippen molar-refractivity contribution in [1.29, 1.82) is 0 Å². The molecule has 3 aromatic carbocycles. The van der Waals surface area contributed by atoms with Crippen LogP contribution in [0.4, 0.5) is 17.1 Å². The molecule has 0 atom stereocenters. The number of amides is 2. The van der Waals surface area contributed by atoms with Gasteiger partial charge in [-0.1, -0.05) is 69.3 Å². The molecule has 0 aliphatic heterocycles. The summed E-state index contributed by atoms with van der Waals surface area (Å²) in [6.07, 6.45) is 1.82. The molecule has 0 saturated carbocycles. The highest BCUT2D eigenvalue weighted by atomic mass is 16.5. The minimum atomic E-state index is -0.486. The van der Waals surface area contributed by atoms with E-state index in [1.54, 1.807) is 6.07 Å². The summed E-state index contributed by atoms with van der Waals surface area (Å²) in [5.74, 6) is 0.392. The third-order valence-corrected chi connectivity index (χ3v) is 5.13. The van der Waals surface area contributed by atoms with Crippen LogP contribution in [0.3, 0.4) is 0 Å². The van der Waals surface area contributed by atoms with Gasteiger partial charge in [0.25, 0.3) is 0 Å². The Morgan fingerprint density at radius 3 is 2.29 bits per heavy atom. The minimum Gasteiger partial charge on any atom is -0.491 e. The standard InChI is InChI=1S/C28H33N3O3/c1-28(2,3)27(33)30-23-15-9-14-22(19-23)29-20-26(32)31-24-16-7-8-17-25(24)34-18-10-13-21-11-5-4-6-12-21/h4-9,11-12,14-17,19,29H,10,13,18,20H2,1-3H3,(H,30,33)(H,31,32). The maximum absolute atomic E-state index is 12.5. The van der Waals surface area contributed by atoms with Crippen LogP contribution in [-0.4, -0.2) is 25.0 Å². The lowest BCUT2D eigenvalue weighted by Gasteiger charge is -2.18. The molecule has 0 aromatic heterocycles. The molecule has 0 fully saturated rings. The van der Waals surface area contributed by atoms with Crippen molar-refractivity contribution in [1.82, 2.24) is 0 Å². The van der Waals surface area contributed by atoms with Crippen molar-refractivity contribution in [3.63, 3.8) is 0 Å². The lowest BCUT2D eigenvalue weighted by atomic mass is 9.95. The third-order valence-electron chi connectivity index (χ3n) is 5.13. The van der Waals surface area contributed by atoms with Gasteiger partial charge in [0, 0.05) is 16.8 Å². The Bertz CT molecular complexity index is 1090. The van der Waals surface area contributed by atoms with Crippen molar-refractivity contribution in [2.24, 2.45) is 5.41 Å². The average Bonchev–Trinajstić information content (AvgIpc) is 2.82. The summed E-state index contributed by atoms with van der Waals surface area (Å²) in [7, 11) is 0. The molecule has 0 saturated heterocycles. The SMILES string of the molecule is CC(C)(C)C(=O)Nc1cccc(NCC(=O)Nc2ccccc2OCCCc2ccccc2)c1. The summed E-state index contributed by atoms with van der Waals surface area (Å²) in [6, 6.07) is 25.0. The van der Waals surface area contributed by atoms with Crippen molar-refractivity contribution in [2.75, 3.05) is 29.1 Å². The summed E-state index contributed by atoms with van der Waals surface area (Å²) in [4.78, 5) is 24.8. The van der Waals surface area contributed by atoms with Crippen LogP contribution in [0.1, 0.15) is 32.8 Å². The van der Waals surface area contributed by atoms with E-state index in [1.807, 2.05) is 81.4 Å². The fourth-order valence-corrected chi connectivity index (χ4v) is 3.20. The molecule has 0 bridgehead atoms. The molecule has 0 spiro atoms. The number of hydrogen-bond acceptors (Lipinski definition) is 4. The fourth-order valence-electron chi connectivity index (χ4n) is 3.20. The van der Waals surface area contributed by atoms with E-state index in [9.17, 15) is 9.59 Å². The van der Waals surface area contributed by atoms with Gasteiger partial charge in [-0.05, 0) is 48.7 Å². The van der Waals surface area contributed by atoms with Crippen LogP contribution in [0, 0.1) is 5.41 Å². The van der Waals surface area contributed by atoms with Crippen molar-refractivity contribution >= 4 is 28.9 Å². The van der Waals surface area contributed by atoms with Crippen molar-refractivity contribution < 1.29 is 14.3 Å². The Balaban J connectivity index is 1.49. The summed E-state index contributed by atoms with van der Waals surface area (Å²) in [5.41, 5.74) is 2.85. The molecule has 0 radical (unpaired) electrons. The molecule has 34 heavy (non-hydrogen) atoms. The van der Waals surface area contributed by atoms with Crippen LogP contribution in [0.25, 0.3) is 0 Å². The predicted molar refractivity (Wildman–Crippen MR) is 138 cm³/mol. The van der Waals surface area contributed by atoms with E-state index in [1.165, 1.54) is 5.56 Å². The van der Waals surface area contributed by atoms with Crippen LogP contribution < -0.4 is 20.7 Å². The largest absolute Gasteiger partial charge is 0.491 e. The van der Waals surface area contributed by atoms with Crippen LogP contribution in [0.2, 0.25) is 0 Å². The van der Waals surface area contributed by atoms with E-state index < -0.39 is 5.41 Å². The van der Waals surface area contributed by atoms with Gasteiger partial charge in [-0.25, -0.2) is 0 Å². The lowest BCUT2D eigenvalue weighted by molar-refractivity contribution is -0.123. The second-order valence-electron chi connectivity index (χ2n) is 9.12. The predicted octanol–water partition coefficient (Wildman–Crippen LogP) is 5.73. The van der Waals surface area contributed by atoms with Gasteiger partial charge in [0.2, 0.25) is 11.8 Å². The number of carbonyl (C=O) groups excluding carboxylic acids is 2. The molecule has 0 aliphatic rings.